The normalized spacial score (nSPS) is 10.8. The lowest BCUT2D eigenvalue weighted by atomic mass is 10.1. The van der Waals surface area contributed by atoms with Gasteiger partial charge in [-0.3, -0.25) is 4.79 Å². The maximum absolute atomic E-state index is 11.5. The number of anilines is 1. The molecule has 0 bridgehead atoms. The second-order valence-corrected chi connectivity index (χ2v) is 5.64. The number of carbonyl (C=O) groups is 2. The third kappa shape index (κ3) is 4.16. The molecule has 0 saturated carbocycles. The van der Waals surface area contributed by atoms with Crippen molar-refractivity contribution in [1.29, 1.82) is 0 Å². The van der Waals surface area contributed by atoms with Crippen molar-refractivity contribution in [2.45, 2.75) is 3.79 Å². The summed E-state index contributed by atoms with van der Waals surface area (Å²) < 4.78 is 7.51. The van der Waals surface area contributed by atoms with Gasteiger partial charge in [0.1, 0.15) is 11.3 Å². The molecule has 5 nitrogen and oxygen atoms in total. The van der Waals surface area contributed by atoms with Crippen molar-refractivity contribution < 1.29 is 19.1 Å². The second-order valence-electron chi connectivity index (χ2n) is 3.36. The zero-order valence-electron chi connectivity index (χ0n) is 10.00. The van der Waals surface area contributed by atoms with Crippen molar-refractivity contribution >= 4 is 52.4 Å². The van der Waals surface area contributed by atoms with Crippen LogP contribution in [0, 0.1) is 0 Å². The molecule has 0 unspecified atom stereocenters. The first kappa shape index (κ1) is 15.9. The highest BCUT2D eigenvalue weighted by molar-refractivity contribution is 6.76. The molecule has 104 valence electrons. The molecule has 0 aromatic heterocycles. The molecule has 0 fully saturated rings. The van der Waals surface area contributed by atoms with Gasteiger partial charge in [0, 0.05) is 5.69 Å². The molecule has 1 N–H and O–H groups in total. The molecule has 0 aliphatic carbocycles. The molecule has 0 saturated heterocycles. The summed E-state index contributed by atoms with van der Waals surface area (Å²) in [5.41, 5.74) is 0.421. The Hall–Kier alpha value is -1.17. The predicted molar refractivity (Wildman–Crippen MR) is 73.3 cm³/mol. The Morgan fingerprint density at radius 3 is 2.32 bits per heavy atom. The van der Waals surface area contributed by atoms with Gasteiger partial charge in [-0.1, -0.05) is 34.8 Å². The minimum Gasteiger partial charge on any atom is -0.496 e. The minimum absolute atomic E-state index is 0.145. The number of benzene rings is 1. The molecule has 0 radical (unpaired) electrons. The highest BCUT2D eigenvalue weighted by Gasteiger charge is 2.30. The first-order valence-corrected chi connectivity index (χ1v) is 6.07. The van der Waals surface area contributed by atoms with Gasteiger partial charge < -0.3 is 14.8 Å². The number of ether oxygens (including phenoxy) is 2. The Balaban J connectivity index is 3.05. The lowest BCUT2D eigenvalue weighted by Gasteiger charge is -2.13. The molecule has 8 heteroatoms. The van der Waals surface area contributed by atoms with E-state index >= 15 is 0 Å². The summed E-state index contributed by atoms with van der Waals surface area (Å²) in [6.45, 7) is 0. The van der Waals surface area contributed by atoms with Crippen molar-refractivity contribution in [1.82, 2.24) is 0 Å². The van der Waals surface area contributed by atoms with Crippen LogP contribution in [-0.2, 0) is 9.53 Å². The van der Waals surface area contributed by atoms with Crippen LogP contribution >= 0.6 is 34.8 Å². The number of esters is 1. The molecular formula is C11H10Cl3NO4. The van der Waals surface area contributed by atoms with Gasteiger partial charge in [-0.25, -0.2) is 4.79 Å². The number of hydrogen-bond acceptors (Lipinski definition) is 4. The fraction of sp³-hybridized carbons (Fsp3) is 0.273. The van der Waals surface area contributed by atoms with E-state index in [-0.39, 0.29) is 11.3 Å². The van der Waals surface area contributed by atoms with Crippen molar-refractivity contribution in [3.8, 4) is 5.75 Å². The van der Waals surface area contributed by atoms with Crippen LogP contribution in [0.5, 0.6) is 5.75 Å². The van der Waals surface area contributed by atoms with Gasteiger partial charge in [0.15, 0.2) is 0 Å². The summed E-state index contributed by atoms with van der Waals surface area (Å²) >= 11 is 16.3. The first-order chi connectivity index (χ1) is 8.79. The second kappa shape index (κ2) is 6.32. The average molecular weight is 327 g/mol. The quantitative estimate of drug-likeness (QED) is 0.685. The van der Waals surface area contributed by atoms with E-state index in [1.54, 1.807) is 0 Å². The molecule has 0 spiro atoms. The number of methoxy groups -OCH3 is 2. The molecule has 0 heterocycles. The van der Waals surface area contributed by atoms with Crippen LogP contribution < -0.4 is 10.1 Å². The molecule has 0 atom stereocenters. The Bertz CT molecular complexity index is 499. The lowest BCUT2D eigenvalue weighted by Crippen LogP contribution is -2.27. The number of amides is 1. The molecule has 0 aliphatic rings. The third-order valence-electron chi connectivity index (χ3n) is 2.12. The van der Waals surface area contributed by atoms with E-state index in [2.05, 4.69) is 10.1 Å². The Kier molecular flexibility index (Phi) is 5.29. The molecule has 1 aromatic rings. The van der Waals surface area contributed by atoms with Crippen molar-refractivity contribution in [3.05, 3.63) is 23.8 Å². The van der Waals surface area contributed by atoms with Gasteiger partial charge in [0.2, 0.25) is 0 Å². The summed E-state index contributed by atoms with van der Waals surface area (Å²) in [5.74, 6) is -1.14. The van der Waals surface area contributed by atoms with E-state index in [1.165, 1.54) is 32.4 Å². The van der Waals surface area contributed by atoms with Gasteiger partial charge in [0.25, 0.3) is 9.70 Å². The van der Waals surface area contributed by atoms with Crippen LogP contribution in [0.4, 0.5) is 5.69 Å². The molecule has 1 amide bonds. The fourth-order valence-electron chi connectivity index (χ4n) is 1.26. The van der Waals surface area contributed by atoms with E-state index in [9.17, 15) is 9.59 Å². The molecule has 0 aliphatic heterocycles. The summed E-state index contributed by atoms with van der Waals surface area (Å²) in [4.78, 5) is 23.0. The summed E-state index contributed by atoms with van der Waals surface area (Å²) in [6, 6.07) is 4.35. The standard InChI is InChI=1S/C11H10Cl3NO4/c1-18-8-4-3-6(5-7(8)9(16)19-2)15-10(17)11(12,13)14/h3-5H,1-2H3,(H,15,17). The monoisotopic (exact) mass is 325 g/mol. The zero-order chi connectivity index (χ0) is 14.6. The van der Waals surface area contributed by atoms with Gasteiger partial charge in [-0.05, 0) is 18.2 Å². The van der Waals surface area contributed by atoms with E-state index in [1.807, 2.05) is 0 Å². The van der Waals surface area contributed by atoms with Crippen LogP contribution in [0.3, 0.4) is 0 Å². The van der Waals surface area contributed by atoms with Crippen molar-refractivity contribution in [3.63, 3.8) is 0 Å². The Morgan fingerprint density at radius 1 is 1.21 bits per heavy atom. The smallest absolute Gasteiger partial charge is 0.341 e. The predicted octanol–water partition coefficient (Wildman–Crippen LogP) is 2.79. The largest absolute Gasteiger partial charge is 0.496 e. The van der Waals surface area contributed by atoms with Crippen LogP contribution in [-0.4, -0.2) is 29.9 Å². The van der Waals surface area contributed by atoms with Gasteiger partial charge in [-0.2, -0.15) is 0 Å². The highest BCUT2D eigenvalue weighted by atomic mass is 35.6. The van der Waals surface area contributed by atoms with Crippen LogP contribution in [0.15, 0.2) is 18.2 Å². The van der Waals surface area contributed by atoms with E-state index in [0.29, 0.717) is 5.75 Å². The number of halogens is 3. The maximum Gasteiger partial charge on any atom is 0.341 e. The van der Waals surface area contributed by atoms with Gasteiger partial charge in [-0.15, -0.1) is 0 Å². The first-order valence-electron chi connectivity index (χ1n) is 4.94. The van der Waals surface area contributed by atoms with Crippen molar-refractivity contribution in [2.75, 3.05) is 19.5 Å². The van der Waals surface area contributed by atoms with Crippen LogP contribution in [0.2, 0.25) is 0 Å². The fourth-order valence-corrected chi connectivity index (χ4v) is 1.40. The Labute approximate surface area is 124 Å². The van der Waals surface area contributed by atoms with E-state index < -0.39 is 15.7 Å². The number of alkyl halides is 3. The zero-order valence-corrected chi connectivity index (χ0v) is 12.3. The molecule has 1 aromatic carbocycles. The Morgan fingerprint density at radius 2 is 1.84 bits per heavy atom. The topological polar surface area (TPSA) is 64.6 Å². The van der Waals surface area contributed by atoms with Crippen LogP contribution in [0.1, 0.15) is 10.4 Å². The van der Waals surface area contributed by atoms with Crippen LogP contribution in [0.25, 0.3) is 0 Å². The number of rotatable bonds is 3. The molecule has 1 rings (SSSR count). The van der Waals surface area contributed by atoms with E-state index in [4.69, 9.17) is 39.5 Å². The molecular weight excluding hydrogens is 316 g/mol. The summed E-state index contributed by atoms with van der Waals surface area (Å²) in [7, 11) is 2.63. The summed E-state index contributed by atoms with van der Waals surface area (Å²) in [6.07, 6.45) is 0. The third-order valence-corrected chi connectivity index (χ3v) is 2.64. The number of hydrogen-bond donors (Lipinski definition) is 1. The highest BCUT2D eigenvalue weighted by Crippen LogP contribution is 2.29. The summed E-state index contributed by atoms with van der Waals surface area (Å²) in [5, 5.41) is 2.35. The van der Waals surface area contributed by atoms with Crippen molar-refractivity contribution in [2.24, 2.45) is 0 Å². The molecule has 19 heavy (non-hydrogen) atoms. The lowest BCUT2D eigenvalue weighted by molar-refractivity contribution is -0.115. The van der Waals surface area contributed by atoms with Gasteiger partial charge >= 0.3 is 5.97 Å². The number of nitrogens with one attached hydrogen (secondary N) is 1. The maximum atomic E-state index is 11.5. The van der Waals surface area contributed by atoms with E-state index in [0.717, 1.165) is 0 Å². The average Bonchev–Trinajstić information content (AvgIpc) is 2.36. The number of carbonyl (C=O) groups excluding carboxylic acids is 2. The SMILES string of the molecule is COC(=O)c1cc(NC(=O)C(Cl)(Cl)Cl)ccc1OC. The van der Waals surface area contributed by atoms with Gasteiger partial charge in [0.05, 0.1) is 14.2 Å². The minimum atomic E-state index is -2.09.